The highest BCUT2D eigenvalue weighted by Crippen LogP contribution is 2.54. The standard InChI is InChI=1S/C38H33N2O3P/c1-3-38(4-2)36-24-27(23-33(26-39)44(41,42)43)15-21-34(36)35-22-18-29(25-37(35)38)28-16-19-32(20-17-28)40(30-11-7-5-8-12-30)31-13-9-6-10-14-31/h5-25H,3-4H2,1-2H3,(H2,41,42,43)/b33-23+. The normalized spacial score (nSPS) is 13.6. The average Bonchev–Trinajstić information content (AvgIpc) is 3.33. The van der Waals surface area contributed by atoms with Crippen LogP contribution in [-0.4, -0.2) is 9.79 Å². The van der Waals surface area contributed by atoms with Crippen LogP contribution in [0.2, 0.25) is 0 Å². The lowest BCUT2D eigenvalue weighted by Crippen LogP contribution is -2.23. The maximum atomic E-state index is 11.8. The zero-order valence-electron chi connectivity index (χ0n) is 24.7. The third-order valence-corrected chi connectivity index (χ3v) is 9.67. The molecule has 0 fully saturated rings. The first-order chi connectivity index (χ1) is 21.3. The van der Waals surface area contributed by atoms with Crippen LogP contribution >= 0.6 is 7.60 Å². The molecule has 0 heterocycles. The van der Waals surface area contributed by atoms with Gasteiger partial charge in [0.2, 0.25) is 0 Å². The molecule has 0 saturated carbocycles. The summed E-state index contributed by atoms with van der Waals surface area (Å²) in [6.45, 7) is 4.37. The summed E-state index contributed by atoms with van der Waals surface area (Å²) < 4.78 is 11.8. The van der Waals surface area contributed by atoms with E-state index < -0.39 is 12.9 Å². The van der Waals surface area contributed by atoms with Crippen LogP contribution in [0.3, 0.4) is 0 Å². The lowest BCUT2D eigenvalue weighted by atomic mass is 9.73. The van der Waals surface area contributed by atoms with Crippen LogP contribution in [0.15, 0.2) is 127 Å². The Morgan fingerprint density at radius 2 is 1.23 bits per heavy atom. The van der Waals surface area contributed by atoms with E-state index in [2.05, 4.69) is 110 Å². The van der Waals surface area contributed by atoms with Gasteiger partial charge in [0.1, 0.15) is 11.4 Å². The second-order valence-electron chi connectivity index (χ2n) is 11.1. The molecule has 44 heavy (non-hydrogen) atoms. The van der Waals surface area contributed by atoms with Crippen molar-refractivity contribution in [2.45, 2.75) is 32.1 Å². The smallest absolute Gasteiger partial charge is 0.321 e. The Hall–Kier alpha value is -4.72. The van der Waals surface area contributed by atoms with Crippen molar-refractivity contribution in [1.29, 1.82) is 5.26 Å². The molecule has 5 aromatic carbocycles. The summed E-state index contributed by atoms with van der Waals surface area (Å²) in [5.74, 6) is 0. The van der Waals surface area contributed by atoms with Crippen molar-refractivity contribution in [3.8, 4) is 28.3 Å². The number of nitrogens with zero attached hydrogens (tertiary/aromatic N) is 2. The van der Waals surface area contributed by atoms with Gasteiger partial charge < -0.3 is 14.7 Å². The van der Waals surface area contributed by atoms with Crippen molar-refractivity contribution < 1.29 is 14.4 Å². The van der Waals surface area contributed by atoms with Gasteiger partial charge in [-0.3, -0.25) is 4.57 Å². The summed E-state index contributed by atoms with van der Waals surface area (Å²) >= 11 is 0. The third kappa shape index (κ3) is 5.19. The van der Waals surface area contributed by atoms with Crippen LogP contribution in [0.4, 0.5) is 17.1 Å². The van der Waals surface area contributed by atoms with Gasteiger partial charge in [0.05, 0.1) is 0 Å². The maximum Gasteiger partial charge on any atom is 0.366 e. The molecule has 5 nitrogen and oxygen atoms in total. The van der Waals surface area contributed by atoms with Gasteiger partial charge in [-0.15, -0.1) is 0 Å². The SMILES string of the molecule is CCC1(CC)c2cc(/C=C(\C#N)P(=O)(O)O)ccc2-c2ccc(-c3ccc(N(c4ccccc4)c4ccccc4)cc3)cc21. The number of rotatable bonds is 8. The minimum atomic E-state index is -4.65. The van der Waals surface area contributed by atoms with Crippen molar-refractivity contribution in [2.75, 3.05) is 4.90 Å². The van der Waals surface area contributed by atoms with Gasteiger partial charge >= 0.3 is 7.60 Å². The molecule has 5 aromatic rings. The minimum absolute atomic E-state index is 0.253. The molecule has 0 unspecified atom stereocenters. The molecule has 0 bridgehead atoms. The van der Waals surface area contributed by atoms with E-state index in [4.69, 9.17) is 0 Å². The fraction of sp³-hybridized carbons (Fsp3) is 0.132. The largest absolute Gasteiger partial charge is 0.366 e. The summed E-state index contributed by atoms with van der Waals surface area (Å²) in [5.41, 5.74) is 10.6. The van der Waals surface area contributed by atoms with E-state index in [0.717, 1.165) is 52.2 Å². The number of anilines is 3. The molecule has 6 heteroatoms. The van der Waals surface area contributed by atoms with Gasteiger partial charge in [-0.2, -0.15) is 5.26 Å². The number of allylic oxidation sites excluding steroid dienone is 1. The van der Waals surface area contributed by atoms with E-state index in [1.165, 1.54) is 17.2 Å². The molecule has 2 N–H and O–H groups in total. The molecule has 0 spiro atoms. The number of hydrogen-bond donors (Lipinski definition) is 2. The van der Waals surface area contributed by atoms with Crippen molar-refractivity contribution in [2.24, 2.45) is 0 Å². The summed E-state index contributed by atoms with van der Waals surface area (Å²) in [6, 6.07) is 43.5. The predicted octanol–water partition coefficient (Wildman–Crippen LogP) is 9.95. The maximum absolute atomic E-state index is 11.8. The second kappa shape index (κ2) is 11.8. The van der Waals surface area contributed by atoms with Gasteiger partial charge in [0.15, 0.2) is 0 Å². The topological polar surface area (TPSA) is 84.6 Å². The number of fused-ring (bicyclic) bond motifs is 3. The predicted molar refractivity (Wildman–Crippen MR) is 179 cm³/mol. The zero-order valence-corrected chi connectivity index (χ0v) is 25.6. The van der Waals surface area contributed by atoms with Crippen molar-refractivity contribution in [3.05, 3.63) is 143 Å². The first-order valence-corrected chi connectivity index (χ1v) is 16.4. The fourth-order valence-electron chi connectivity index (χ4n) is 6.54. The van der Waals surface area contributed by atoms with Crippen LogP contribution in [-0.2, 0) is 9.98 Å². The molecule has 0 saturated heterocycles. The molecule has 6 rings (SSSR count). The van der Waals surface area contributed by atoms with E-state index in [1.54, 1.807) is 6.07 Å². The minimum Gasteiger partial charge on any atom is -0.321 e. The number of hydrogen-bond acceptors (Lipinski definition) is 3. The Balaban J connectivity index is 1.39. The van der Waals surface area contributed by atoms with Crippen LogP contribution in [0.25, 0.3) is 28.3 Å². The summed E-state index contributed by atoms with van der Waals surface area (Å²) in [5, 5.41) is 8.81. The highest BCUT2D eigenvalue weighted by molar-refractivity contribution is 7.57. The quantitative estimate of drug-likeness (QED) is 0.138. The molecule has 0 aliphatic heterocycles. The Bertz CT molecular complexity index is 1900. The van der Waals surface area contributed by atoms with E-state index in [9.17, 15) is 19.6 Å². The molecule has 0 aromatic heterocycles. The van der Waals surface area contributed by atoms with Gasteiger partial charge in [-0.25, -0.2) is 0 Å². The summed E-state index contributed by atoms with van der Waals surface area (Å²) in [7, 11) is -4.65. The molecular formula is C38H33N2O3P. The van der Waals surface area contributed by atoms with Crippen LogP contribution in [0.5, 0.6) is 0 Å². The molecule has 1 aliphatic rings. The van der Waals surface area contributed by atoms with Crippen LogP contribution in [0.1, 0.15) is 43.4 Å². The molecule has 218 valence electrons. The fourth-order valence-corrected chi connectivity index (χ4v) is 6.99. The van der Waals surface area contributed by atoms with Gasteiger partial charge in [-0.1, -0.05) is 92.7 Å². The second-order valence-corrected chi connectivity index (χ2v) is 12.7. The van der Waals surface area contributed by atoms with E-state index in [-0.39, 0.29) is 5.41 Å². The van der Waals surface area contributed by atoms with Gasteiger partial charge in [0.25, 0.3) is 0 Å². The highest BCUT2D eigenvalue weighted by atomic mass is 31.2. The van der Waals surface area contributed by atoms with E-state index in [1.807, 2.05) is 30.3 Å². The molecule has 0 atom stereocenters. The van der Waals surface area contributed by atoms with E-state index in [0.29, 0.717) is 5.56 Å². The van der Waals surface area contributed by atoms with Crippen molar-refractivity contribution in [3.63, 3.8) is 0 Å². The first-order valence-electron chi connectivity index (χ1n) is 14.8. The van der Waals surface area contributed by atoms with Gasteiger partial charge in [0, 0.05) is 22.5 Å². The Kier molecular flexibility index (Phi) is 7.84. The summed E-state index contributed by atoms with van der Waals surface area (Å²) in [6.07, 6.45) is 3.04. The Labute approximate surface area is 258 Å². The monoisotopic (exact) mass is 596 g/mol. The Morgan fingerprint density at radius 1 is 0.727 bits per heavy atom. The van der Waals surface area contributed by atoms with Crippen LogP contribution in [0, 0.1) is 11.3 Å². The van der Waals surface area contributed by atoms with E-state index >= 15 is 0 Å². The average molecular weight is 597 g/mol. The van der Waals surface area contributed by atoms with Crippen LogP contribution < -0.4 is 4.90 Å². The lowest BCUT2D eigenvalue weighted by molar-refractivity contribution is 0.384. The number of para-hydroxylation sites is 2. The molecule has 1 aliphatic carbocycles. The molecular weight excluding hydrogens is 563 g/mol. The highest BCUT2D eigenvalue weighted by Gasteiger charge is 2.40. The number of nitriles is 1. The third-order valence-electron chi connectivity index (χ3n) is 8.81. The molecule has 0 amide bonds. The zero-order chi connectivity index (χ0) is 30.9. The number of benzene rings is 5. The first kappa shape index (κ1) is 29.4. The Morgan fingerprint density at radius 3 is 1.75 bits per heavy atom. The van der Waals surface area contributed by atoms with Crippen molar-refractivity contribution >= 4 is 30.7 Å². The summed E-state index contributed by atoms with van der Waals surface area (Å²) in [4.78, 5) is 21.4. The van der Waals surface area contributed by atoms with Gasteiger partial charge in [-0.05, 0) is 100 Å². The molecule has 0 radical (unpaired) electrons. The van der Waals surface area contributed by atoms with Crippen molar-refractivity contribution in [1.82, 2.24) is 0 Å². The lowest BCUT2D eigenvalue weighted by Gasteiger charge is -2.30.